The number of nitrogens with one attached hydrogen (secondary N) is 2. The van der Waals surface area contributed by atoms with Gasteiger partial charge in [0.1, 0.15) is 11.3 Å². The van der Waals surface area contributed by atoms with E-state index in [0.717, 1.165) is 42.8 Å². The average molecular weight is 413 g/mol. The van der Waals surface area contributed by atoms with Crippen LogP contribution in [0.5, 0.6) is 0 Å². The molecule has 1 saturated heterocycles. The lowest BCUT2D eigenvalue weighted by Crippen LogP contribution is -2.52. The van der Waals surface area contributed by atoms with Gasteiger partial charge < -0.3 is 15.0 Å². The van der Waals surface area contributed by atoms with Gasteiger partial charge in [0, 0.05) is 56.1 Å². The van der Waals surface area contributed by atoms with E-state index in [9.17, 15) is 4.79 Å². The third-order valence-corrected chi connectivity index (χ3v) is 4.55. The van der Waals surface area contributed by atoms with Crippen molar-refractivity contribution in [3.05, 3.63) is 35.8 Å². The van der Waals surface area contributed by atoms with Crippen molar-refractivity contribution in [1.29, 1.82) is 0 Å². The van der Waals surface area contributed by atoms with Gasteiger partial charge in [-0.15, -0.1) is 24.8 Å². The van der Waals surface area contributed by atoms with E-state index in [2.05, 4.69) is 30.1 Å². The second-order valence-electron chi connectivity index (χ2n) is 6.11. The van der Waals surface area contributed by atoms with E-state index in [1.807, 2.05) is 18.3 Å². The highest BCUT2D eigenvalue weighted by molar-refractivity contribution is 6.14. The Balaban J connectivity index is 0.00000131. The van der Waals surface area contributed by atoms with Gasteiger partial charge in [0.25, 0.3) is 5.91 Å². The van der Waals surface area contributed by atoms with Gasteiger partial charge in [-0.3, -0.25) is 15.0 Å². The normalized spacial score (nSPS) is 18.9. The van der Waals surface area contributed by atoms with Crippen molar-refractivity contribution in [3.63, 3.8) is 0 Å². The van der Waals surface area contributed by atoms with Crippen LogP contribution in [-0.4, -0.2) is 76.1 Å². The minimum absolute atomic E-state index is 0. The maximum Gasteiger partial charge on any atom is 0.276 e. The van der Waals surface area contributed by atoms with Crippen LogP contribution in [0.3, 0.4) is 0 Å². The fourth-order valence-corrected chi connectivity index (χ4v) is 3.17. The summed E-state index contributed by atoms with van der Waals surface area (Å²) in [4.78, 5) is 28.4. The molecule has 0 atom stereocenters. The summed E-state index contributed by atoms with van der Waals surface area (Å²) in [6, 6.07) is 3.83. The number of β-amino-alcohol motifs (C(OH)–C–C–N with tert-alkyl or cyclic N) is 1. The quantitative estimate of drug-likeness (QED) is 0.649. The van der Waals surface area contributed by atoms with E-state index >= 15 is 0 Å². The van der Waals surface area contributed by atoms with Gasteiger partial charge in [-0.1, -0.05) is 0 Å². The van der Waals surface area contributed by atoms with E-state index in [0.29, 0.717) is 18.2 Å². The molecule has 0 radical (unpaired) electrons. The second-order valence-corrected chi connectivity index (χ2v) is 6.11. The number of hydrogen-bond donors (Lipinski definition) is 3. The van der Waals surface area contributed by atoms with Crippen LogP contribution in [0.1, 0.15) is 5.56 Å². The van der Waals surface area contributed by atoms with Crippen LogP contribution in [0.4, 0.5) is 0 Å². The van der Waals surface area contributed by atoms with Crippen LogP contribution in [0.15, 0.2) is 35.2 Å². The van der Waals surface area contributed by atoms with Crippen molar-refractivity contribution in [1.82, 2.24) is 25.1 Å². The number of pyridine rings is 1. The predicted octanol–water partition coefficient (Wildman–Crippen LogP) is 0.843. The van der Waals surface area contributed by atoms with E-state index in [-0.39, 0.29) is 37.3 Å². The first-order valence-corrected chi connectivity index (χ1v) is 8.36. The topological polar surface area (TPSA) is 96.9 Å². The number of nitrogens with zero attached hydrogens (tertiary/aromatic N) is 4. The van der Waals surface area contributed by atoms with Gasteiger partial charge in [-0.25, -0.2) is 9.98 Å². The Hall–Kier alpha value is -2.13. The van der Waals surface area contributed by atoms with Gasteiger partial charge >= 0.3 is 0 Å². The fraction of sp³-hybridized carbons (Fsp3) is 0.353. The third kappa shape index (κ3) is 4.41. The first-order chi connectivity index (χ1) is 12.2. The molecule has 4 rings (SSSR count). The zero-order chi connectivity index (χ0) is 17.2. The Kier molecular flexibility index (Phi) is 7.20. The molecular weight excluding hydrogens is 391 g/mol. The van der Waals surface area contributed by atoms with Gasteiger partial charge in [-0.2, -0.15) is 0 Å². The number of halogens is 2. The van der Waals surface area contributed by atoms with E-state index in [4.69, 9.17) is 5.11 Å². The molecule has 0 unspecified atom stereocenters. The summed E-state index contributed by atoms with van der Waals surface area (Å²) in [6.07, 6.45) is 5.34. The SMILES string of the molecule is Cl.Cl.O=C1NC(N2CCN(CCO)CC2)=N/C1=C\c1c[nH]c2ncccc12. The first-order valence-electron chi connectivity index (χ1n) is 8.36. The van der Waals surface area contributed by atoms with Crippen molar-refractivity contribution in [2.24, 2.45) is 4.99 Å². The highest BCUT2D eigenvalue weighted by Gasteiger charge is 2.27. The average Bonchev–Trinajstić information content (AvgIpc) is 3.21. The van der Waals surface area contributed by atoms with E-state index in [1.54, 1.807) is 12.3 Å². The van der Waals surface area contributed by atoms with Crippen LogP contribution < -0.4 is 5.32 Å². The lowest BCUT2D eigenvalue weighted by Gasteiger charge is -2.34. The first kappa shape index (κ1) is 21.2. The molecule has 10 heteroatoms. The number of fused-ring (bicyclic) bond motifs is 1. The summed E-state index contributed by atoms with van der Waals surface area (Å²) in [5.41, 5.74) is 2.08. The number of amides is 1. The van der Waals surface area contributed by atoms with Gasteiger partial charge in [0.05, 0.1) is 6.61 Å². The van der Waals surface area contributed by atoms with Gasteiger partial charge in [0.2, 0.25) is 5.96 Å². The molecule has 3 N–H and O–H groups in total. The van der Waals surface area contributed by atoms with Crippen LogP contribution >= 0.6 is 24.8 Å². The summed E-state index contributed by atoms with van der Waals surface area (Å²) >= 11 is 0. The number of aromatic nitrogens is 2. The summed E-state index contributed by atoms with van der Waals surface area (Å²) in [5.74, 6) is 0.420. The minimum Gasteiger partial charge on any atom is -0.395 e. The molecule has 8 nitrogen and oxygen atoms in total. The molecule has 0 bridgehead atoms. The molecule has 2 aliphatic rings. The standard InChI is InChI=1S/C17H20N6O2.2ClH/c24-9-8-22-4-6-23(7-5-22)17-20-14(16(25)21-17)10-12-11-19-15-13(12)2-1-3-18-15;;/h1-3,10-11,24H,4-9H2,(H,18,19)(H,20,21,25);2*1H/b14-10-;;. The molecule has 0 spiro atoms. The Labute approximate surface area is 169 Å². The zero-order valence-electron chi connectivity index (χ0n) is 14.6. The number of carbonyl (C=O) groups excluding carboxylic acids is 1. The summed E-state index contributed by atoms with van der Waals surface area (Å²) in [7, 11) is 0. The number of aliphatic hydroxyl groups excluding tert-OH is 1. The number of piperazine rings is 1. The highest BCUT2D eigenvalue weighted by atomic mass is 35.5. The maximum absolute atomic E-state index is 12.3. The summed E-state index contributed by atoms with van der Waals surface area (Å²) in [6.45, 7) is 4.12. The Morgan fingerprint density at radius 1 is 1.22 bits per heavy atom. The Bertz CT molecular complexity index is 858. The molecule has 2 aliphatic heterocycles. The number of aliphatic hydroxyl groups is 1. The second kappa shape index (κ2) is 9.18. The largest absolute Gasteiger partial charge is 0.395 e. The molecule has 4 heterocycles. The smallest absolute Gasteiger partial charge is 0.276 e. The lowest BCUT2D eigenvalue weighted by molar-refractivity contribution is -0.115. The van der Waals surface area contributed by atoms with E-state index in [1.165, 1.54) is 0 Å². The van der Waals surface area contributed by atoms with Crippen LogP contribution in [0.2, 0.25) is 0 Å². The molecule has 2 aromatic rings. The molecule has 0 aromatic carbocycles. The van der Waals surface area contributed by atoms with Crippen molar-refractivity contribution in [2.75, 3.05) is 39.3 Å². The predicted molar refractivity (Wildman–Crippen MR) is 109 cm³/mol. The van der Waals surface area contributed by atoms with Crippen LogP contribution in [0, 0.1) is 0 Å². The molecular formula is C17H22Cl2N6O2. The molecule has 0 aliphatic carbocycles. The number of hydrogen-bond acceptors (Lipinski definition) is 6. The van der Waals surface area contributed by atoms with Crippen molar-refractivity contribution in [3.8, 4) is 0 Å². The number of carbonyl (C=O) groups is 1. The molecule has 1 amide bonds. The number of H-pyrrole nitrogens is 1. The van der Waals surface area contributed by atoms with E-state index < -0.39 is 0 Å². The minimum atomic E-state index is -0.189. The Morgan fingerprint density at radius 2 is 2.00 bits per heavy atom. The molecule has 146 valence electrons. The molecule has 27 heavy (non-hydrogen) atoms. The molecule has 0 saturated carbocycles. The van der Waals surface area contributed by atoms with Crippen LogP contribution in [-0.2, 0) is 4.79 Å². The number of guanidine groups is 1. The zero-order valence-corrected chi connectivity index (χ0v) is 16.2. The van der Waals surface area contributed by atoms with Crippen molar-refractivity contribution in [2.45, 2.75) is 0 Å². The van der Waals surface area contributed by atoms with Crippen molar-refractivity contribution < 1.29 is 9.90 Å². The van der Waals surface area contributed by atoms with Gasteiger partial charge in [0.15, 0.2) is 0 Å². The maximum atomic E-state index is 12.3. The number of aliphatic imine (C=N–C) groups is 1. The van der Waals surface area contributed by atoms with Gasteiger partial charge in [-0.05, 0) is 18.2 Å². The number of aromatic amines is 1. The highest BCUT2D eigenvalue weighted by Crippen LogP contribution is 2.20. The molecule has 2 aromatic heterocycles. The lowest BCUT2D eigenvalue weighted by atomic mass is 10.2. The molecule has 1 fully saturated rings. The van der Waals surface area contributed by atoms with Crippen LogP contribution in [0.25, 0.3) is 17.1 Å². The third-order valence-electron chi connectivity index (χ3n) is 4.55. The fourth-order valence-electron chi connectivity index (χ4n) is 3.17. The Morgan fingerprint density at radius 3 is 2.74 bits per heavy atom. The summed E-state index contributed by atoms with van der Waals surface area (Å²) in [5, 5.41) is 12.8. The summed E-state index contributed by atoms with van der Waals surface area (Å²) < 4.78 is 0. The monoisotopic (exact) mass is 412 g/mol. The number of rotatable bonds is 3. The van der Waals surface area contributed by atoms with Crippen molar-refractivity contribution >= 4 is 53.8 Å².